The minimum atomic E-state index is -0.174. The number of hydrogen-bond donors (Lipinski definition) is 1. The number of carbonyl (C=O) groups excluding carboxylic acids is 1. The fourth-order valence-electron chi connectivity index (χ4n) is 2.86. The van der Waals surface area contributed by atoms with Gasteiger partial charge in [-0.1, -0.05) is 42.5 Å². The fraction of sp³-hybridized carbons (Fsp3) is 0.300. The normalized spacial score (nSPS) is 12.0. The minimum absolute atomic E-state index is 0.0120. The van der Waals surface area contributed by atoms with Gasteiger partial charge in [-0.3, -0.25) is 4.79 Å². The van der Waals surface area contributed by atoms with E-state index in [1.165, 1.54) is 4.80 Å². The Labute approximate surface area is 164 Å². The molecule has 3 rings (SSSR count). The number of rotatable bonds is 8. The van der Waals surface area contributed by atoms with Gasteiger partial charge in [0, 0.05) is 12.1 Å². The molecule has 0 bridgehead atoms. The van der Waals surface area contributed by atoms with Crippen molar-refractivity contribution in [2.45, 2.75) is 12.6 Å². The van der Waals surface area contributed by atoms with Crippen LogP contribution in [0.2, 0.25) is 0 Å². The molecule has 8 nitrogen and oxygen atoms in total. The molecule has 0 fully saturated rings. The number of aromatic nitrogens is 4. The lowest BCUT2D eigenvalue weighted by atomic mass is 10.1. The number of amides is 1. The summed E-state index contributed by atoms with van der Waals surface area (Å²) in [6, 6.07) is 17.4. The van der Waals surface area contributed by atoms with Crippen LogP contribution in [-0.2, 0) is 11.3 Å². The van der Waals surface area contributed by atoms with Crippen molar-refractivity contribution in [1.29, 1.82) is 0 Å². The highest BCUT2D eigenvalue weighted by molar-refractivity contribution is 5.75. The van der Waals surface area contributed by atoms with Gasteiger partial charge in [-0.05, 0) is 37.0 Å². The van der Waals surface area contributed by atoms with E-state index < -0.39 is 0 Å². The maximum Gasteiger partial charge on any atom is 0.243 e. The van der Waals surface area contributed by atoms with E-state index in [-0.39, 0.29) is 18.5 Å². The number of hydrogen-bond acceptors (Lipinski definition) is 6. The molecule has 146 valence electrons. The Bertz CT molecular complexity index is 910. The van der Waals surface area contributed by atoms with Crippen LogP contribution in [0.25, 0.3) is 11.4 Å². The molecular formula is C20H24N6O2. The van der Waals surface area contributed by atoms with Gasteiger partial charge in [0.25, 0.3) is 0 Å². The van der Waals surface area contributed by atoms with E-state index in [2.05, 4.69) is 25.6 Å². The number of likely N-dealkylation sites (N-methyl/N-ethyl adjacent to an activating group) is 1. The predicted octanol–water partition coefficient (Wildman–Crippen LogP) is 1.77. The van der Waals surface area contributed by atoms with Gasteiger partial charge in [-0.2, -0.15) is 4.80 Å². The van der Waals surface area contributed by atoms with Crippen molar-refractivity contribution in [2.75, 3.05) is 27.7 Å². The largest absolute Gasteiger partial charge is 0.497 e. The molecule has 1 N–H and O–H groups in total. The minimum Gasteiger partial charge on any atom is -0.497 e. The van der Waals surface area contributed by atoms with Crippen LogP contribution in [0.5, 0.6) is 5.75 Å². The fourth-order valence-corrected chi connectivity index (χ4v) is 2.86. The smallest absolute Gasteiger partial charge is 0.243 e. The van der Waals surface area contributed by atoms with Crippen molar-refractivity contribution in [3.63, 3.8) is 0 Å². The number of ether oxygens (including phenoxy) is 1. The first-order valence-corrected chi connectivity index (χ1v) is 8.97. The molecule has 0 radical (unpaired) electrons. The standard InChI is InChI=1S/C20H24N6O2/c1-25(2)18(16-10-7-11-17(12-16)28-3)13-21-19(27)14-26-23-20(22-24-26)15-8-5-4-6-9-15/h4-12,18H,13-14H2,1-3H3,(H,21,27). The average Bonchev–Trinajstić information content (AvgIpc) is 3.17. The molecule has 8 heteroatoms. The van der Waals surface area contributed by atoms with Gasteiger partial charge in [0.2, 0.25) is 11.7 Å². The lowest BCUT2D eigenvalue weighted by Gasteiger charge is -2.25. The molecule has 28 heavy (non-hydrogen) atoms. The van der Waals surface area contributed by atoms with Gasteiger partial charge < -0.3 is 15.0 Å². The van der Waals surface area contributed by atoms with Crippen molar-refractivity contribution in [1.82, 2.24) is 30.4 Å². The molecule has 0 saturated carbocycles. The highest BCUT2D eigenvalue weighted by Gasteiger charge is 2.17. The molecular weight excluding hydrogens is 356 g/mol. The Morgan fingerprint density at radius 1 is 1.18 bits per heavy atom. The van der Waals surface area contributed by atoms with Gasteiger partial charge in [0.05, 0.1) is 13.2 Å². The summed E-state index contributed by atoms with van der Waals surface area (Å²) in [5.41, 5.74) is 1.93. The molecule has 0 aliphatic heterocycles. The second kappa shape index (κ2) is 9.09. The third kappa shape index (κ3) is 4.92. The van der Waals surface area contributed by atoms with Gasteiger partial charge >= 0.3 is 0 Å². The van der Waals surface area contributed by atoms with E-state index in [0.717, 1.165) is 16.9 Å². The number of nitrogens with one attached hydrogen (secondary N) is 1. The van der Waals surface area contributed by atoms with Crippen molar-refractivity contribution in [3.8, 4) is 17.1 Å². The monoisotopic (exact) mass is 380 g/mol. The molecule has 1 heterocycles. The molecule has 3 aromatic rings. The molecule has 0 spiro atoms. The van der Waals surface area contributed by atoms with Crippen molar-refractivity contribution >= 4 is 5.91 Å². The summed E-state index contributed by atoms with van der Waals surface area (Å²) in [7, 11) is 5.59. The van der Waals surface area contributed by atoms with E-state index in [9.17, 15) is 4.79 Å². The summed E-state index contributed by atoms with van der Waals surface area (Å²) < 4.78 is 5.30. The maximum atomic E-state index is 12.4. The number of carbonyl (C=O) groups is 1. The third-order valence-corrected chi connectivity index (χ3v) is 4.36. The molecule has 1 aromatic heterocycles. The summed E-state index contributed by atoms with van der Waals surface area (Å²) in [4.78, 5) is 15.7. The van der Waals surface area contributed by atoms with Crippen LogP contribution in [0.15, 0.2) is 54.6 Å². The van der Waals surface area contributed by atoms with Gasteiger partial charge in [-0.25, -0.2) is 0 Å². The molecule has 1 atom stereocenters. The molecule has 2 aromatic carbocycles. The molecule has 0 aliphatic rings. The summed E-state index contributed by atoms with van der Waals surface area (Å²) in [5.74, 6) is 1.11. The van der Waals surface area contributed by atoms with Gasteiger partial charge in [-0.15, -0.1) is 10.2 Å². The quantitative estimate of drug-likeness (QED) is 0.641. The van der Waals surface area contributed by atoms with Crippen LogP contribution in [0, 0.1) is 0 Å². The lowest BCUT2D eigenvalue weighted by Crippen LogP contribution is -2.36. The SMILES string of the molecule is COc1cccc(C(CNC(=O)Cn2nnc(-c3ccccc3)n2)N(C)C)c1. The average molecular weight is 380 g/mol. The second-order valence-electron chi connectivity index (χ2n) is 6.57. The second-order valence-corrected chi connectivity index (χ2v) is 6.57. The molecule has 1 amide bonds. The predicted molar refractivity (Wildman–Crippen MR) is 106 cm³/mol. The topological polar surface area (TPSA) is 85.2 Å². The summed E-state index contributed by atoms with van der Waals surface area (Å²) in [6.45, 7) is 0.470. The lowest BCUT2D eigenvalue weighted by molar-refractivity contribution is -0.122. The van der Waals surface area contributed by atoms with Crippen LogP contribution >= 0.6 is 0 Å². The maximum absolute atomic E-state index is 12.4. The number of methoxy groups -OCH3 is 1. The van der Waals surface area contributed by atoms with Gasteiger partial charge in [0.1, 0.15) is 12.3 Å². The number of tetrazole rings is 1. The van der Waals surface area contributed by atoms with Crippen LogP contribution in [0.1, 0.15) is 11.6 Å². The van der Waals surface area contributed by atoms with Crippen molar-refractivity contribution in [2.24, 2.45) is 0 Å². The number of benzene rings is 2. The molecule has 0 saturated heterocycles. The summed E-state index contributed by atoms with van der Waals surface area (Å²) in [6.07, 6.45) is 0. The van der Waals surface area contributed by atoms with Crippen LogP contribution < -0.4 is 10.1 Å². The van der Waals surface area contributed by atoms with Crippen LogP contribution in [0.3, 0.4) is 0 Å². The van der Waals surface area contributed by atoms with E-state index >= 15 is 0 Å². The zero-order valence-corrected chi connectivity index (χ0v) is 16.2. The van der Waals surface area contributed by atoms with Crippen LogP contribution in [-0.4, -0.2) is 58.8 Å². The number of nitrogens with zero attached hydrogens (tertiary/aromatic N) is 5. The van der Waals surface area contributed by atoms with Gasteiger partial charge in [0.15, 0.2) is 0 Å². The zero-order chi connectivity index (χ0) is 19.9. The van der Waals surface area contributed by atoms with E-state index in [0.29, 0.717) is 12.4 Å². The Balaban J connectivity index is 1.60. The first-order chi connectivity index (χ1) is 13.6. The molecule has 0 aliphatic carbocycles. The Hall–Kier alpha value is -3.26. The Morgan fingerprint density at radius 2 is 1.96 bits per heavy atom. The van der Waals surface area contributed by atoms with Crippen molar-refractivity contribution < 1.29 is 9.53 Å². The molecule has 1 unspecified atom stereocenters. The zero-order valence-electron chi connectivity index (χ0n) is 16.2. The van der Waals surface area contributed by atoms with E-state index in [1.807, 2.05) is 68.7 Å². The first kappa shape index (κ1) is 19.5. The van der Waals surface area contributed by atoms with E-state index in [1.54, 1.807) is 7.11 Å². The van der Waals surface area contributed by atoms with Crippen molar-refractivity contribution in [3.05, 3.63) is 60.2 Å². The first-order valence-electron chi connectivity index (χ1n) is 8.97. The summed E-state index contributed by atoms with van der Waals surface area (Å²) >= 11 is 0. The third-order valence-electron chi connectivity index (χ3n) is 4.36. The highest BCUT2D eigenvalue weighted by Crippen LogP contribution is 2.22. The Morgan fingerprint density at radius 3 is 2.68 bits per heavy atom. The van der Waals surface area contributed by atoms with Crippen LogP contribution in [0.4, 0.5) is 0 Å². The van der Waals surface area contributed by atoms with E-state index in [4.69, 9.17) is 4.74 Å². The Kier molecular flexibility index (Phi) is 6.33. The summed E-state index contributed by atoms with van der Waals surface area (Å²) in [5, 5.41) is 15.2. The highest BCUT2D eigenvalue weighted by atomic mass is 16.5.